The largest absolute Gasteiger partial charge is 0.632 e. The molecule has 0 unspecified atom stereocenters. The van der Waals surface area contributed by atoms with Crippen molar-refractivity contribution in [3.05, 3.63) is 5.21 Å². The number of unbranched alkanes of at least 4 members (excludes halogenated alkanes) is 2. The van der Waals surface area contributed by atoms with Gasteiger partial charge in [-0.05, 0) is 12.3 Å². The molecule has 0 aliphatic carbocycles. The van der Waals surface area contributed by atoms with Crippen molar-refractivity contribution in [2.75, 3.05) is 32.8 Å². The van der Waals surface area contributed by atoms with Gasteiger partial charge in [0.15, 0.2) is 0 Å². The third kappa shape index (κ3) is 4.10. The Labute approximate surface area is 86.2 Å². The van der Waals surface area contributed by atoms with Crippen LogP contribution in [0.5, 0.6) is 0 Å². The average Bonchev–Trinajstić information content (AvgIpc) is 2.18. The molecule has 3 nitrogen and oxygen atoms in total. The van der Waals surface area contributed by atoms with Crippen LogP contribution >= 0.6 is 0 Å². The van der Waals surface area contributed by atoms with E-state index in [9.17, 15) is 5.21 Å². The van der Waals surface area contributed by atoms with Gasteiger partial charge in [0.1, 0.15) is 19.6 Å². The first-order valence-corrected chi connectivity index (χ1v) is 5.37. The van der Waals surface area contributed by atoms with Crippen LogP contribution in [-0.2, 0) is 4.74 Å². The highest BCUT2D eigenvalue weighted by atomic mass is 16.6. The summed E-state index contributed by atoms with van der Waals surface area (Å²) in [5.74, 6) is 6.04. The van der Waals surface area contributed by atoms with E-state index in [1.165, 1.54) is 6.42 Å². The van der Waals surface area contributed by atoms with Crippen LogP contribution in [0.15, 0.2) is 0 Å². The number of hydrogen-bond acceptors (Lipinski definition) is 2. The highest BCUT2D eigenvalue weighted by Gasteiger charge is 2.19. The molecule has 1 saturated heterocycles. The first-order chi connectivity index (χ1) is 6.77. The summed E-state index contributed by atoms with van der Waals surface area (Å²) in [5.41, 5.74) is 0. The highest BCUT2D eigenvalue weighted by molar-refractivity contribution is 4.99. The van der Waals surface area contributed by atoms with Crippen LogP contribution in [0.25, 0.3) is 0 Å². The van der Waals surface area contributed by atoms with Crippen molar-refractivity contribution in [2.24, 2.45) is 0 Å². The lowest BCUT2D eigenvalue weighted by Gasteiger charge is -2.43. The summed E-state index contributed by atoms with van der Waals surface area (Å²) in [7, 11) is 0. The van der Waals surface area contributed by atoms with E-state index in [1.54, 1.807) is 0 Å². The Morgan fingerprint density at radius 2 is 2.00 bits per heavy atom. The summed E-state index contributed by atoms with van der Waals surface area (Å²) in [4.78, 5) is 0. The van der Waals surface area contributed by atoms with E-state index < -0.39 is 0 Å². The van der Waals surface area contributed by atoms with E-state index in [1.807, 2.05) is 0 Å². The quantitative estimate of drug-likeness (QED) is 0.297. The Hall–Kier alpha value is -0.560. The van der Waals surface area contributed by atoms with Gasteiger partial charge in [-0.15, -0.1) is 0 Å². The van der Waals surface area contributed by atoms with Crippen LogP contribution in [0.2, 0.25) is 0 Å². The topological polar surface area (TPSA) is 32.3 Å². The minimum Gasteiger partial charge on any atom is -0.632 e. The zero-order chi connectivity index (χ0) is 10.3. The van der Waals surface area contributed by atoms with E-state index >= 15 is 0 Å². The third-order valence-electron chi connectivity index (χ3n) is 2.43. The van der Waals surface area contributed by atoms with Gasteiger partial charge in [0, 0.05) is 6.42 Å². The maximum atomic E-state index is 11.9. The lowest BCUT2D eigenvalue weighted by atomic mass is 10.2. The van der Waals surface area contributed by atoms with Gasteiger partial charge in [-0.3, -0.25) is 0 Å². The molecular weight excluding hydrogens is 178 g/mol. The van der Waals surface area contributed by atoms with Gasteiger partial charge in [-0.25, -0.2) is 0 Å². The SMILES string of the molecule is CCCCC#CC[N+]1([O-])CCOCC1. The van der Waals surface area contributed by atoms with Crippen LogP contribution in [0.1, 0.15) is 26.2 Å². The second kappa shape index (κ2) is 6.02. The predicted octanol–water partition coefficient (Wildman–Crippen LogP) is 1.52. The van der Waals surface area contributed by atoms with Crippen molar-refractivity contribution in [1.82, 2.24) is 0 Å². The zero-order valence-electron chi connectivity index (χ0n) is 8.92. The summed E-state index contributed by atoms with van der Waals surface area (Å²) in [6, 6.07) is 0. The van der Waals surface area contributed by atoms with Crippen LogP contribution < -0.4 is 0 Å². The zero-order valence-corrected chi connectivity index (χ0v) is 8.92. The average molecular weight is 197 g/mol. The Kier molecular flexibility index (Phi) is 4.95. The van der Waals surface area contributed by atoms with Crippen molar-refractivity contribution >= 4 is 0 Å². The number of quaternary nitrogens is 1. The van der Waals surface area contributed by atoms with Gasteiger partial charge < -0.3 is 14.6 Å². The molecule has 0 amide bonds. The molecule has 0 spiro atoms. The Morgan fingerprint density at radius 1 is 1.29 bits per heavy atom. The molecule has 0 radical (unpaired) electrons. The van der Waals surface area contributed by atoms with Crippen LogP contribution in [0, 0.1) is 17.0 Å². The first-order valence-electron chi connectivity index (χ1n) is 5.37. The molecule has 14 heavy (non-hydrogen) atoms. The van der Waals surface area contributed by atoms with Crippen molar-refractivity contribution < 1.29 is 9.38 Å². The molecule has 3 heteroatoms. The van der Waals surface area contributed by atoms with Crippen molar-refractivity contribution in [1.29, 1.82) is 0 Å². The van der Waals surface area contributed by atoms with Gasteiger partial charge in [0.2, 0.25) is 0 Å². The molecule has 0 aromatic carbocycles. The molecule has 80 valence electrons. The molecule has 0 atom stereocenters. The molecule has 1 aliphatic heterocycles. The van der Waals surface area contributed by atoms with Crippen molar-refractivity contribution in [3.63, 3.8) is 0 Å². The number of morpholine rings is 1. The predicted molar refractivity (Wildman–Crippen MR) is 56.3 cm³/mol. The van der Waals surface area contributed by atoms with Crippen molar-refractivity contribution in [3.8, 4) is 11.8 Å². The standard InChI is InChI=1S/C11H19NO2/c1-2-3-4-5-6-7-12(13)8-10-14-11-9-12/h2-4,7-11H2,1H3. The fourth-order valence-corrected chi connectivity index (χ4v) is 1.39. The van der Waals surface area contributed by atoms with E-state index in [0.717, 1.165) is 12.8 Å². The fraction of sp³-hybridized carbons (Fsp3) is 0.818. The van der Waals surface area contributed by atoms with E-state index in [0.29, 0.717) is 32.8 Å². The van der Waals surface area contributed by atoms with Gasteiger partial charge in [0.25, 0.3) is 0 Å². The van der Waals surface area contributed by atoms with Crippen LogP contribution in [0.3, 0.4) is 0 Å². The Morgan fingerprint density at radius 3 is 2.64 bits per heavy atom. The minimum absolute atomic E-state index is 0.181. The number of ether oxygens (including phenoxy) is 1. The summed E-state index contributed by atoms with van der Waals surface area (Å²) < 4.78 is 4.96. The second-order valence-corrected chi connectivity index (χ2v) is 3.73. The molecule has 1 heterocycles. The molecule has 0 aromatic heterocycles. The van der Waals surface area contributed by atoms with Crippen LogP contribution in [-0.4, -0.2) is 37.5 Å². The molecule has 0 aromatic rings. The van der Waals surface area contributed by atoms with Crippen molar-refractivity contribution in [2.45, 2.75) is 26.2 Å². The lowest BCUT2D eigenvalue weighted by Crippen LogP contribution is -2.50. The van der Waals surface area contributed by atoms with E-state index in [4.69, 9.17) is 4.74 Å². The summed E-state index contributed by atoms with van der Waals surface area (Å²) >= 11 is 0. The number of hydroxylamine groups is 3. The summed E-state index contributed by atoms with van der Waals surface area (Å²) in [6.07, 6.45) is 3.22. The maximum absolute atomic E-state index is 11.9. The fourth-order valence-electron chi connectivity index (χ4n) is 1.39. The van der Waals surface area contributed by atoms with Gasteiger partial charge in [0.05, 0.1) is 13.2 Å². The molecule has 1 aliphatic rings. The third-order valence-corrected chi connectivity index (χ3v) is 2.43. The lowest BCUT2D eigenvalue weighted by molar-refractivity contribution is -0.881. The molecule has 1 rings (SSSR count). The monoisotopic (exact) mass is 197 g/mol. The Balaban J connectivity index is 2.23. The number of rotatable bonds is 3. The molecule has 1 fully saturated rings. The number of hydrogen-bond donors (Lipinski definition) is 0. The highest BCUT2D eigenvalue weighted by Crippen LogP contribution is 2.07. The van der Waals surface area contributed by atoms with Gasteiger partial charge in [-0.1, -0.05) is 19.3 Å². The minimum atomic E-state index is -0.181. The van der Waals surface area contributed by atoms with Gasteiger partial charge in [-0.2, -0.15) is 0 Å². The smallest absolute Gasteiger partial charge is 0.140 e. The summed E-state index contributed by atoms with van der Waals surface area (Å²) in [5, 5.41) is 11.9. The van der Waals surface area contributed by atoms with E-state index in [-0.39, 0.29) is 4.65 Å². The molecule has 0 bridgehead atoms. The molecule has 0 saturated carbocycles. The van der Waals surface area contributed by atoms with E-state index in [2.05, 4.69) is 18.8 Å². The normalized spacial score (nSPS) is 19.9. The maximum Gasteiger partial charge on any atom is 0.140 e. The summed E-state index contributed by atoms with van der Waals surface area (Å²) in [6.45, 7) is 4.86. The molecular formula is C11H19NO2. The number of nitrogens with zero attached hydrogens (tertiary/aromatic N) is 1. The second-order valence-electron chi connectivity index (χ2n) is 3.73. The Bertz CT molecular complexity index is 211. The first kappa shape index (κ1) is 11.5. The van der Waals surface area contributed by atoms with Gasteiger partial charge >= 0.3 is 0 Å². The van der Waals surface area contributed by atoms with Crippen LogP contribution in [0.4, 0.5) is 0 Å². The molecule has 0 N–H and O–H groups in total.